The Morgan fingerprint density at radius 3 is 2.54 bits per heavy atom. The first-order valence-corrected chi connectivity index (χ1v) is 10.9. The number of nitro groups is 1. The molecule has 2 amide bonds. The van der Waals surface area contributed by atoms with Gasteiger partial charge in [-0.3, -0.25) is 30.6 Å². The molecule has 0 unspecified atom stereocenters. The minimum absolute atomic E-state index is 0.0207. The van der Waals surface area contributed by atoms with Gasteiger partial charge in [0.05, 0.1) is 18.1 Å². The summed E-state index contributed by atoms with van der Waals surface area (Å²) < 4.78 is 16.2. The number of carbonyl (C=O) groups excluding carboxylic acids is 3. The molecular weight excluding hydrogens is 458 g/mol. The van der Waals surface area contributed by atoms with Crippen LogP contribution in [0.15, 0.2) is 48.5 Å². The highest BCUT2D eigenvalue weighted by Crippen LogP contribution is 2.29. The standard InChI is InChI=1S/C24H27N3O8/c1-3-5-13-34-20-11-9-17(14-21(20)33-4-2)10-12-23(29)35-16-22(28)25-26-24(30)18-7-6-8-19(15-18)27(31)32/h6-12,14-15H,3-5,13,16H2,1-2H3,(H,25,28)(H,26,30). The van der Waals surface area contributed by atoms with Gasteiger partial charge in [0.25, 0.3) is 17.5 Å². The highest BCUT2D eigenvalue weighted by atomic mass is 16.6. The second kappa shape index (κ2) is 14.0. The number of amides is 2. The smallest absolute Gasteiger partial charge is 0.331 e. The minimum atomic E-state index is -0.794. The number of hydrogen-bond donors (Lipinski definition) is 2. The lowest BCUT2D eigenvalue weighted by molar-refractivity contribution is -0.384. The van der Waals surface area contributed by atoms with Crippen LogP contribution < -0.4 is 20.3 Å². The van der Waals surface area contributed by atoms with Crippen LogP contribution in [0.3, 0.4) is 0 Å². The molecule has 2 rings (SSSR count). The molecule has 0 radical (unpaired) electrons. The van der Waals surface area contributed by atoms with Crippen molar-refractivity contribution in [3.05, 3.63) is 69.8 Å². The van der Waals surface area contributed by atoms with Crippen molar-refractivity contribution >= 4 is 29.5 Å². The molecule has 0 heterocycles. The number of nitrogens with zero attached hydrogens (tertiary/aromatic N) is 1. The fourth-order valence-electron chi connectivity index (χ4n) is 2.69. The number of non-ortho nitro benzene ring substituents is 1. The van der Waals surface area contributed by atoms with Gasteiger partial charge in [-0.15, -0.1) is 0 Å². The van der Waals surface area contributed by atoms with Crippen molar-refractivity contribution in [3.8, 4) is 11.5 Å². The zero-order chi connectivity index (χ0) is 25.6. The molecular formula is C24H27N3O8. The van der Waals surface area contributed by atoms with Crippen LogP contribution in [0.5, 0.6) is 11.5 Å². The molecule has 2 N–H and O–H groups in total. The highest BCUT2D eigenvalue weighted by molar-refractivity contribution is 5.96. The molecule has 11 nitrogen and oxygen atoms in total. The molecule has 0 aliphatic carbocycles. The van der Waals surface area contributed by atoms with Crippen LogP contribution in [-0.2, 0) is 14.3 Å². The first kappa shape index (κ1) is 26.8. The van der Waals surface area contributed by atoms with Crippen molar-refractivity contribution in [2.45, 2.75) is 26.7 Å². The van der Waals surface area contributed by atoms with Crippen molar-refractivity contribution in [1.29, 1.82) is 0 Å². The molecule has 0 saturated carbocycles. The number of hydrogen-bond acceptors (Lipinski definition) is 8. The molecule has 0 fully saturated rings. The maximum absolute atomic E-state index is 12.0. The van der Waals surface area contributed by atoms with Gasteiger partial charge in [0.1, 0.15) is 0 Å². The van der Waals surface area contributed by atoms with E-state index in [1.54, 1.807) is 18.2 Å². The predicted octanol–water partition coefficient (Wildman–Crippen LogP) is 3.19. The molecule has 0 aliphatic heterocycles. The average molecular weight is 485 g/mol. The van der Waals surface area contributed by atoms with Gasteiger partial charge < -0.3 is 14.2 Å². The van der Waals surface area contributed by atoms with Gasteiger partial charge in [-0.1, -0.05) is 25.5 Å². The summed E-state index contributed by atoms with van der Waals surface area (Å²) in [6, 6.07) is 10.2. The summed E-state index contributed by atoms with van der Waals surface area (Å²) in [5, 5.41) is 10.8. The van der Waals surface area contributed by atoms with E-state index in [1.807, 2.05) is 6.92 Å². The zero-order valence-corrected chi connectivity index (χ0v) is 19.4. The molecule has 11 heteroatoms. The van der Waals surface area contributed by atoms with E-state index in [1.165, 1.54) is 24.3 Å². The molecule has 0 aromatic heterocycles. The lowest BCUT2D eigenvalue weighted by Crippen LogP contribution is -2.43. The number of unbranched alkanes of at least 4 members (excludes halogenated alkanes) is 1. The quantitative estimate of drug-likeness (QED) is 0.153. The summed E-state index contributed by atoms with van der Waals surface area (Å²) >= 11 is 0. The van der Waals surface area contributed by atoms with Gasteiger partial charge >= 0.3 is 5.97 Å². The van der Waals surface area contributed by atoms with E-state index < -0.39 is 29.3 Å². The van der Waals surface area contributed by atoms with Gasteiger partial charge in [-0.05, 0) is 43.2 Å². The Morgan fingerprint density at radius 1 is 1.03 bits per heavy atom. The number of rotatable bonds is 12. The summed E-state index contributed by atoms with van der Waals surface area (Å²) in [4.78, 5) is 45.9. The molecule has 2 aromatic rings. The van der Waals surface area contributed by atoms with E-state index in [0.717, 1.165) is 25.0 Å². The summed E-state index contributed by atoms with van der Waals surface area (Å²) in [5.74, 6) is -1.16. The van der Waals surface area contributed by atoms with Gasteiger partial charge in [-0.2, -0.15) is 0 Å². The van der Waals surface area contributed by atoms with E-state index in [2.05, 4.69) is 17.8 Å². The van der Waals surface area contributed by atoms with Crippen LogP contribution in [0.25, 0.3) is 6.08 Å². The number of carbonyl (C=O) groups is 3. The predicted molar refractivity (Wildman–Crippen MR) is 127 cm³/mol. The number of esters is 1. The molecule has 2 aromatic carbocycles. The zero-order valence-electron chi connectivity index (χ0n) is 19.4. The summed E-state index contributed by atoms with van der Waals surface area (Å²) in [6.45, 7) is 4.30. The van der Waals surface area contributed by atoms with E-state index in [4.69, 9.17) is 14.2 Å². The van der Waals surface area contributed by atoms with Crippen LogP contribution in [0.2, 0.25) is 0 Å². The van der Waals surface area contributed by atoms with Crippen LogP contribution in [-0.4, -0.2) is 42.5 Å². The van der Waals surface area contributed by atoms with E-state index in [-0.39, 0.29) is 11.3 Å². The molecule has 0 atom stereocenters. The fraction of sp³-hybridized carbons (Fsp3) is 0.292. The minimum Gasteiger partial charge on any atom is -0.490 e. The van der Waals surface area contributed by atoms with Gasteiger partial charge in [0.15, 0.2) is 18.1 Å². The Hall–Kier alpha value is -4.41. The Kier molecular flexibility index (Phi) is 10.7. The lowest BCUT2D eigenvalue weighted by atomic mass is 10.2. The van der Waals surface area contributed by atoms with Gasteiger partial charge in [-0.25, -0.2) is 4.79 Å². The molecule has 0 bridgehead atoms. The van der Waals surface area contributed by atoms with E-state index in [0.29, 0.717) is 30.3 Å². The fourth-order valence-corrected chi connectivity index (χ4v) is 2.69. The second-order valence-electron chi connectivity index (χ2n) is 7.09. The monoisotopic (exact) mass is 485 g/mol. The first-order chi connectivity index (χ1) is 16.8. The third-order valence-electron chi connectivity index (χ3n) is 4.42. The topological polar surface area (TPSA) is 146 Å². The van der Waals surface area contributed by atoms with E-state index in [9.17, 15) is 24.5 Å². The molecule has 0 spiro atoms. The van der Waals surface area contributed by atoms with Gasteiger partial charge in [0.2, 0.25) is 0 Å². The Balaban J connectivity index is 1.83. The molecule has 0 saturated heterocycles. The largest absolute Gasteiger partial charge is 0.490 e. The number of nitrogens with one attached hydrogen (secondary N) is 2. The first-order valence-electron chi connectivity index (χ1n) is 10.9. The maximum atomic E-state index is 12.0. The van der Waals surface area contributed by atoms with Crippen molar-refractivity contribution in [3.63, 3.8) is 0 Å². The molecule has 35 heavy (non-hydrogen) atoms. The highest BCUT2D eigenvalue weighted by Gasteiger charge is 2.13. The van der Waals surface area contributed by atoms with Crippen LogP contribution in [0.4, 0.5) is 5.69 Å². The van der Waals surface area contributed by atoms with Crippen molar-refractivity contribution < 1.29 is 33.5 Å². The average Bonchev–Trinajstić information content (AvgIpc) is 2.86. The van der Waals surface area contributed by atoms with Crippen molar-refractivity contribution in [1.82, 2.24) is 10.9 Å². The number of nitro benzene ring substituents is 1. The number of hydrazine groups is 1. The third kappa shape index (κ3) is 9.16. The Morgan fingerprint density at radius 2 is 1.83 bits per heavy atom. The Labute approximate surface area is 202 Å². The number of ether oxygens (including phenoxy) is 3. The summed E-state index contributed by atoms with van der Waals surface area (Å²) in [5.41, 5.74) is 4.54. The van der Waals surface area contributed by atoms with Gasteiger partial charge in [0, 0.05) is 23.8 Å². The van der Waals surface area contributed by atoms with Crippen LogP contribution >= 0.6 is 0 Å². The maximum Gasteiger partial charge on any atom is 0.331 e. The van der Waals surface area contributed by atoms with Crippen molar-refractivity contribution in [2.75, 3.05) is 19.8 Å². The number of benzene rings is 2. The molecule has 186 valence electrons. The Bertz CT molecular complexity index is 1080. The van der Waals surface area contributed by atoms with Crippen LogP contribution in [0, 0.1) is 10.1 Å². The SMILES string of the molecule is CCCCOc1ccc(C=CC(=O)OCC(=O)NNC(=O)c2cccc([N+](=O)[O-])c2)cc1OCC. The summed E-state index contributed by atoms with van der Waals surface area (Å²) in [7, 11) is 0. The molecule has 0 aliphatic rings. The van der Waals surface area contributed by atoms with E-state index >= 15 is 0 Å². The third-order valence-corrected chi connectivity index (χ3v) is 4.42. The normalized spacial score (nSPS) is 10.5. The van der Waals surface area contributed by atoms with Crippen LogP contribution in [0.1, 0.15) is 42.6 Å². The van der Waals surface area contributed by atoms with Crippen molar-refractivity contribution in [2.24, 2.45) is 0 Å². The second-order valence-corrected chi connectivity index (χ2v) is 7.09. The lowest BCUT2D eigenvalue weighted by Gasteiger charge is -2.12. The summed E-state index contributed by atoms with van der Waals surface area (Å²) in [6.07, 6.45) is 4.58.